The number of nitrogens with one attached hydrogen (secondary N) is 1. The first-order valence-electron chi connectivity index (χ1n) is 7.44. The van der Waals surface area contributed by atoms with E-state index in [1.54, 1.807) is 28.8 Å². The van der Waals surface area contributed by atoms with E-state index in [4.69, 9.17) is 5.73 Å². The van der Waals surface area contributed by atoms with Gasteiger partial charge in [0.2, 0.25) is 5.91 Å². The molecule has 122 valence electrons. The summed E-state index contributed by atoms with van der Waals surface area (Å²) < 4.78 is 1.59. The van der Waals surface area contributed by atoms with Gasteiger partial charge in [-0.15, -0.1) is 0 Å². The molecule has 0 aliphatic heterocycles. The van der Waals surface area contributed by atoms with Crippen LogP contribution in [0.5, 0.6) is 0 Å². The summed E-state index contributed by atoms with van der Waals surface area (Å²) in [5.41, 5.74) is 8.45. The van der Waals surface area contributed by atoms with Crippen LogP contribution in [0.3, 0.4) is 0 Å². The largest absolute Gasteiger partial charge is 0.368 e. The molecule has 24 heavy (non-hydrogen) atoms. The summed E-state index contributed by atoms with van der Waals surface area (Å²) in [5, 5.41) is 6.84. The second-order valence-corrected chi connectivity index (χ2v) is 5.55. The molecular formula is C17H17N5O2. The van der Waals surface area contributed by atoms with Crippen molar-refractivity contribution in [3.8, 4) is 0 Å². The number of rotatable bonds is 4. The van der Waals surface area contributed by atoms with Gasteiger partial charge < -0.3 is 11.1 Å². The van der Waals surface area contributed by atoms with Gasteiger partial charge in [0.15, 0.2) is 5.65 Å². The van der Waals surface area contributed by atoms with E-state index in [0.29, 0.717) is 16.8 Å². The van der Waals surface area contributed by atoms with E-state index >= 15 is 0 Å². The molecule has 1 unspecified atom stereocenters. The second kappa shape index (κ2) is 6.11. The molecule has 3 N–H and O–H groups in total. The summed E-state index contributed by atoms with van der Waals surface area (Å²) >= 11 is 0. The Morgan fingerprint density at radius 1 is 1.21 bits per heavy atom. The average molecular weight is 323 g/mol. The molecule has 0 aliphatic rings. The van der Waals surface area contributed by atoms with Crippen LogP contribution in [0.25, 0.3) is 5.65 Å². The minimum Gasteiger partial charge on any atom is -0.368 e. The minimum absolute atomic E-state index is 0.295. The van der Waals surface area contributed by atoms with Crippen molar-refractivity contribution in [2.75, 3.05) is 0 Å². The van der Waals surface area contributed by atoms with Crippen LogP contribution in [0.15, 0.2) is 42.6 Å². The molecule has 0 aliphatic carbocycles. The van der Waals surface area contributed by atoms with Crippen molar-refractivity contribution in [1.82, 2.24) is 19.9 Å². The Bertz CT molecular complexity index is 917. The zero-order valence-electron chi connectivity index (χ0n) is 13.4. The first-order valence-corrected chi connectivity index (χ1v) is 7.44. The Hall–Kier alpha value is -3.22. The Morgan fingerprint density at radius 2 is 1.92 bits per heavy atom. The monoisotopic (exact) mass is 323 g/mol. The van der Waals surface area contributed by atoms with Gasteiger partial charge in [0.25, 0.3) is 5.91 Å². The van der Waals surface area contributed by atoms with Crippen molar-refractivity contribution < 1.29 is 9.59 Å². The molecule has 7 nitrogen and oxygen atoms in total. The lowest BCUT2D eigenvalue weighted by Gasteiger charge is -2.15. The van der Waals surface area contributed by atoms with Gasteiger partial charge in [-0.05, 0) is 25.5 Å². The van der Waals surface area contributed by atoms with Gasteiger partial charge in [-0.2, -0.15) is 5.10 Å². The van der Waals surface area contributed by atoms with E-state index < -0.39 is 17.9 Å². The van der Waals surface area contributed by atoms with Gasteiger partial charge in [-0.1, -0.05) is 30.3 Å². The molecule has 2 amide bonds. The topological polar surface area (TPSA) is 102 Å². The Labute approximate surface area is 138 Å². The highest BCUT2D eigenvalue weighted by Gasteiger charge is 2.23. The number of amides is 2. The van der Waals surface area contributed by atoms with Gasteiger partial charge >= 0.3 is 0 Å². The van der Waals surface area contributed by atoms with Crippen molar-refractivity contribution in [3.05, 3.63) is 65.1 Å². The third kappa shape index (κ3) is 2.83. The Kier molecular flexibility index (Phi) is 3.99. The summed E-state index contributed by atoms with van der Waals surface area (Å²) in [6.45, 7) is 3.73. The van der Waals surface area contributed by atoms with Crippen LogP contribution < -0.4 is 11.1 Å². The molecule has 1 aromatic carbocycles. The van der Waals surface area contributed by atoms with Crippen molar-refractivity contribution in [2.45, 2.75) is 19.9 Å². The van der Waals surface area contributed by atoms with Crippen LogP contribution in [0.1, 0.15) is 33.4 Å². The van der Waals surface area contributed by atoms with Crippen LogP contribution >= 0.6 is 0 Å². The maximum Gasteiger partial charge on any atom is 0.257 e. The number of aromatic nitrogens is 3. The van der Waals surface area contributed by atoms with Crippen molar-refractivity contribution in [2.24, 2.45) is 5.73 Å². The van der Waals surface area contributed by atoms with Crippen molar-refractivity contribution >= 4 is 17.5 Å². The lowest BCUT2D eigenvalue weighted by atomic mass is 10.1. The summed E-state index contributed by atoms with van der Waals surface area (Å²) in [4.78, 5) is 28.7. The molecule has 0 saturated heterocycles. The highest BCUT2D eigenvalue weighted by atomic mass is 16.2. The molecular weight excluding hydrogens is 306 g/mol. The van der Waals surface area contributed by atoms with Crippen molar-refractivity contribution in [1.29, 1.82) is 0 Å². The van der Waals surface area contributed by atoms with Crippen LogP contribution in [0, 0.1) is 13.8 Å². The Balaban J connectivity index is 1.96. The SMILES string of the molecule is Cc1cc(C)n2ncc(C(=O)NC(C(N)=O)c3ccccc3)c2n1. The number of carbonyl (C=O) groups is 2. The highest BCUT2D eigenvalue weighted by Crippen LogP contribution is 2.16. The van der Waals surface area contributed by atoms with Gasteiger partial charge in [0, 0.05) is 11.4 Å². The molecule has 2 heterocycles. The highest BCUT2D eigenvalue weighted by molar-refractivity contribution is 6.01. The van der Waals surface area contributed by atoms with Crippen LogP contribution in [0.4, 0.5) is 0 Å². The van der Waals surface area contributed by atoms with E-state index in [9.17, 15) is 9.59 Å². The fourth-order valence-corrected chi connectivity index (χ4v) is 2.60. The van der Waals surface area contributed by atoms with E-state index in [0.717, 1.165) is 11.4 Å². The fourth-order valence-electron chi connectivity index (χ4n) is 2.60. The smallest absolute Gasteiger partial charge is 0.257 e. The zero-order chi connectivity index (χ0) is 17.3. The van der Waals surface area contributed by atoms with Crippen LogP contribution in [0.2, 0.25) is 0 Å². The molecule has 0 radical (unpaired) electrons. The maximum atomic E-state index is 12.6. The average Bonchev–Trinajstić information content (AvgIpc) is 2.97. The number of nitrogens with two attached hydrogens (primary N) is 1. The fraction of sp³-hybridized carbons (Fsp3) is 0.176. The number of hydrogen-bond acceptors (Lipinski definition) is 4. The number of primary amides is 1. The van der Waals surface area contributed by atoms with Crippen LogP contribution in [-0.2, 0) is 4.79 Å². The van der Waals surface area contributed by atoms with Crippen LogP contribution in [-0.4, -0.2) is 26.4 Å². The number of nitrogens with zero attached hydrogens (tertiary/aromatic N) is 3. The number of fused-ring (bicyclic) bond motifs is 1. The summed E-state index contributed by atoms with van der Waals surface area (Å²) in [7, 11) is 0. The molecule has 7 heteroatoms. The third-order valence-electron chi connectivity index (χ3n) is 3.72. The lowest BCUT2D eigenvalue weighted by molar-refractivity contribution is -0.120. The quantitative estimate of drug-likeness (QED) is 0.755. The van der Waals surface area contributed by atoms with Crippen molar-refractivity contribution in [3.63, 3.8) is 0 Å². The number of hydrogen-bond donors (Lipinski definition) is 2. The van der Waals surface area contributed by atoms with E-state index in [2.05, 4.69) is 15.4 Å². The predicted molar refractivity (Wildman–Crippen MR) is 88.3 cm³/mol. The summed E-state index contributed by atoms with van der Waals surface area (Å²) in [6, 6.07) is 9.81. The van der Waals surface area contributed by atoms with E-state index in [-0.39, 0.29) is 0 Å². The molecule has 3 rings (SSSR count). The molecule has 0 spiro atoms. The standard InChI is InChI=1S/C17H17N5O2/c1-10-8-11(2)22-16(20-10)13(9-19-22)17(24)21-14(15(18)23)12-6-4-3-5-7-12/h3-9,14H,1-2H3,(H2,18,23)(H,21,24). The molecule has 0 fully saturated rings. The Morgan fingerprint density at radius 3 is 2.58 bits per heavy atom. The van der Waals surface area contributed by atoms with Gasteiger partial charge in [0.1, 0.15) is 11.6 Å². The third-order valence-corrected chi connectivity index (χ3v) is 3.72. The maximum absolute atomic E-state index is 12.6. The molecule has 0 bridgehead atoms. The molecule has 2 aromatic heterocycles. The molecule has 1 atom stereocenters. The second-order valence-electron chi connectivity index (χ2n) is 5.55. The number of benzene rings is 1. The lowest BCUT2D eigenvalue weighted by Crippen LogP contribution is -2.37. The summed E-state index contributed by atoms with van der Waals surface area (Å²) in [6.07, 6.45) is 1.44. The minimum atomic E-state index is -0.917. The first kappa shape index (κ1) is 15.7. The first-order chi connectivity index (χ1) is 11.5. The summed E-state index contributed by atoms with van der Waals surface area (Å²) in [5.74, 6) is -1.08. The molecule has 3 aromatic rings. The van der Waals surface area contributed by atoms with E-state index in [1.165, 1.54) is 6.20 Å². The molecule has 0 saturated carbocycles. The zero-order valence-corrected chi connectivity index (χ0v) is 13.4. The van der Waals surface area contributed by atoms with Gasteiger partial charge in [-0.25, -0.2) is 9.50 Å². The van der Waals surface area contributed by atoms with Gasteiger partial charge in [-0.3, -0.25) is 9.59 Å². The number of carbonyl (C=O) groups excluding carboxylic acids is 2. The van der Waals surface area contributed by atoms with Gasteiger partial charge in [0.05, 0.1) is 6.20 Å². The number of aryl methyl sites for hydroxylation is 2. The predicted octanol–water partition coefficient (Wildman–Crippen LogP) is 1.30. The normalized spacial score (nSPS) is 12.1. The van der Waals surface area contributed by atoms with E-state index in [1.807, 2.05) is 26.0 Å².